The number of nitrogens with zero attached hydrogens (tertiary/aromatic N) is 1. The third-order valence-corrected chi connectivity index (χ3v) is 2.73. The Balaban J connectivity index is 2.81. The van der Waals surface area contributed by atoms with E-state index in [1.165, 1.54) is 0 Å². The van der Waals surface area contributed by atoms with E-state index in [4.69, 9.17) is 26.3 Å². The number of hydrogen-bond acceptors (Lipinski definition) is 4. The maximum absolute atomic E-state index is 8.54. The normalized spacial score (nSPS) is 10.3. The van der Waals surface area contributed by atoms with Crippen molar-refractivity contribution in [3.8, 4) is 17.6 Å². The van der Waals surface area contributed by atoms with Crippen LogP contribution in [0.4, 0.5) is 0 Å². The highest BCUT2D eigenvalue weighted by Crippen LogP contribution is 2.36. The minimum atomic E-state index is -0.0545. The first-order valence-corrected chi connectivity index (χ1v) is 6.53. The highest BCUT2D eigenvalue weighted by molar-refractivity contribution is 6.32. The van der Waals surface area contributed by atoms with Gasteiger partial charge >= 0.3 is 0 Å². The van der Waals surface area contributed by atoms with Crippen molar-refractivity contribution >= 4 is 11.6 Å². The molecule has 0 heterocycles. The van der Waals surface area contributed by atoms with Gasteiger partial charge in [-0.15, -0.1) is 0 Å². The molecule has 0 saturated carbocycles. The Morgan fingerprint density at radius 1 is 1.42 bits per heavy atom. The molecule has 0 atom stereocenters. The summed E-state index contributed by atoms with van der Waals surface area (Å²) in [6, 6.07) is 5.60. The lowest BCUT2D eigenvalue weighted by Gasteiger charge is -2.13. The van der Waals surface area contributed by atoms with E-state index in [9.17, 15) is 0 Å². The number of halogens is 1. The summed E-state index contributed by atoms with van der Waals surface area (Å²) >= 11 is 6.15. The van der Waals surface area contributed by atoms with Crippen LogP contribution in [0, 0.1) is 17.2 Å². The van der Waals surface area contributed by atoms with Crippen LogP contribution in [0.5, 0.6) is 11.5 Å². The van der Waals surface area contributed by atoms with Crippen LogP contribution in [0.3, 0.4) is 0 Å². The molecule has 5 heteroatoms. The van der Waals surface area contributed by atoms with Crippen molar-refractivity contribution in [3.05, 3.63) is 22.7 Å². The van der Waals surface area contributed by atoms with Gasteiger partial charge in [0.25, 0.3) is 0 Å². The maximum atomic E-state index is 8.54. The van der Waals surface area contributed by atoms with E-state index < -0.39 is 0 Å². The Morgan fingerprint density at radius 3 is 2.74 bits per heavy atom. The van der Waals surface area contributed by atoms with Crippen LogP contribution in [-0.2, 0) is 6.54 Å². The molecule has 0 fully saturated rings. The van der Waals surface area contributed by atoms with Crippen molar-refractivity contribution in [3.63, 3.8) is 0 Å². The van der Waals surface area contributed by atoms with Gasteiger partial charge in [-0.2, -0.15) is 5.26 Å². The fraction of sp³-hybridized carbons (Fsp3) is 0.500. The average molecular weight is 283 g/mol. The molecular formula is C14H19ClN2O2. The van der Waals surface area contributed by atoms with Crippen molar-refractivity contribution < 1.29 is 9.47 Å². The van der Waals surface area contributed by atoms with Gasteiger partial charge in [-0.3, -0.25) is 0 Å². The number of methoxy groups -OCH3 is 1. The van der Waals surface area contributed by atoms with Crippen molar-refractivity contribution in [2.24, 2.45) is 5.92 Å². The second-order valence-corrected chi connectivity index (χ2v) is 4.99. The quantitative estimate of drug-likeness (QED) is 0.835. The fourth-order valence-corrected chi connectivity index (χ4v) is 1.91. The van der Waals surface area contributed by atoms with Crippen molar-refractivity contribution in [1.29, 1.82) is 5.26 Å². The zero-order valence-electron chi connectivity index (χ0n) is 11.5. The van der Waals surface area contributed by atoms with Crippen LogP contribution < -0.4 is 14.8 Å². The zero-order valence-corrected chi connectivity index (χ0v) is 12.3. The summed E-state index contributed by atoms with van der Waals surface area (Å²) in [7, 11) is 1.55. The molecule has 0 aromatic heterocycles. The Bertz CT molecular complexity index is 455. The molecule has 1 rings (SSSR count). The van der Waals surface area contributed by atoms with Gasteiger partial charge in [0.05, 0.1) is 12.1 Å². The second-order valence-electron chi connectivity index (χ2n) is 4.58. The first-order valence-electron chi connectivity index (χ1n) is 6.15. The summed E-state index contributed by atoms with van der Waals surface area (Å²) in [5, 5.41) is 12.3. The van der Waals surface area contributed by atoms with Crippen LogP contribution >= 0.6 is 11.6 Å². The maximum Gasteiger partial charge on any atom is 0.181 e. The third-order valence-electron chi connectivity index (χ3n) is 2.45. The summed E-state index contributed by atoms with van der Waals surface area (Å²) in [4.78, 5) is 0. The standard InChI is InChI=1S/C14H19ClN2O2/c1-10(2)8-17-9-11-6-12(15)14(19-5-4-16)13(7-11)18-3/h6-7,10,17H,5,8-9H2,1-3H3. The minimum Gasteiger partial charge on any atom is -0.493 e. The van der Waals surface area contributed by atoms with E-state index in [1.54, 1.807) is 7.11 Å². The van der Waals surface area contributed by atoms with E-state index in [2.05, 4.69) is 19.2 Å². The SMILES string of the molecule is COc1cc(CNCC(C)C)cc(Cl)c1OCC#N. The van der Waals surface area contributed by atoms with E-state index in [1.807, 2.05) is 18.2 Å². The molecule has 19 heavy (non-hydrogen) atoms. The molecule has 104 valence electrons. The molecule has 1 aromatic carbocycles. The Morgan fingerprint density at radius 2 is 2.16 bits per heavy atom. The first-order chi connectivity index (χ1) is 9.08. The van der Waals surface area contributed by atoms with Gasteiger partial charge in [0.15, 0.2) is 18.1 Å². The molecule has 0 aliphatic rings. The number of benzene rings is 1. The van der Waals surface area contributed by atoms with Gasteiger partial charge < -0.3 is 14.8 Å². The fourth-order valence-electron chi connectivity index (χ4n) is 1.62. The summed E-state index contributed by atoms with van der Waals surface area (Å²) in [5.41, 5.74) is 1.02. The van der Waals surface area contributed by atoms with Crippen LogP contribution in [0.2, 0.25) is 5.02 Å². The predicted molar refractivity (Wildman–Crippen MR) is 75.7 cm³/mol. The molecule has 1 N–H and O–H groups in total. The summed E-state index contributed by atoms with van der Waals surface area (Å²) in [6.07, 6.45) is 0. The molecule has 0 bridgehead atoms. The van der Waals surface area contributed by atoms with Gasteiger partial charge in [-0.05, 0) is 30.2 Å². The lowest BCUT2D eigenvalue weighted by atomic mass is 10.1. The van der Waals surface area contributed by atoms with Crippen molar-refractivity contribution in [2.45, 2.75) is 20.4 Å². The topological polar surface area (TPSA) is 54.3 Å². The average Bonchev–Trinajstić information content (AvgIpc) is 2.36. The van der Waals surface area contributed by atoms with E-state index in [-0.39, 0.29) is 6.61 Å². The summed E-state index contributed by atoms with van der Waals surface area (Å²) in [5.74, 6) is 1.55. The van der Waals surface area contributed by atoms with Gasteiger partial charge in [0.1, 0.15) is 6.07 Å². The van der Waals surface area contributed by atoms with E-state index in [0.717, 1.165) is 12.1 Å². The van der Waals surface area contributed by atoms with Crippen LogP contribution in [0.25, 0.3) is 0 Å². The Labute approximate surface area is 119 Å². The third kappa shape index (κ3) is 4.98. The molecule has 0 radical (unpaired) electrons. The molecule has 0 saturated heterocycles. The van der Waals surface area contributed by atoms with Gasteiger partial charge in [0.2, 0.25) is 0 Å². The molecular weight excluding hydrogens is 264 g/mol. The minimum absolute atomic E-state index is 0.0545. The Kier molecular flexibility index (Phi) is 6.48. The first kappa shape index (κ1) is 15.6. The number of nitrogens with one attached hydrogen (secondary N) is 1. The number of rotatable bonds is 7. The van der Waals surface area contributed by atoms with Crippen LogP contribution in [-0.4, -0.2) is 20.3 Å². The summed E-state index contributed by atoms with van der Waals surface area (Å²) < 4.78 is 10.5. The van der Waals surface area contributed by atoms with Crippen molar-refractivity contribution in [2.75, 3.05) is 20.3 Å². The molecule has 4 nitrogen and oxygen atoms in total. The van der Waals surface area contributed by atoms with Gasteiger partial charge in [-0.25, -0.2) is 0 Å². The van der Waals surface area contributed by atoms with Gasteiger partial charge in [0, 0.05) is 6.54 Å². The lowest BCUT2D eigenvalue weighted by Crippen LogP contribution is -2.19. The largest absolute Gasteiger partial charge is 0.493 e. The lowest BCUT2D eigenvalue weighted by molar-refractivity contribution is 0.329. The molecule has 1 aromatic rings. The number of ether oxygens (including phenoxy) is 2. The number of nitriles is 1. The Hall–Kier alpha value is -1.44. The van der Waals surface area contributed by atoms with Crippen LogP contribution in [0.1, 0.15) is 19.4 Å². The summed E-state index contributed by atoms with van der Waals surface area (Å²) in [6.45, 7) is 5.90. The van der Waals surface area contributed by atoms with E-state index >= 15 is 0 Å². The second kappa shape index (κ2) is 7.88. The van der Waals surface area contributed by atoms with Crippen molar-refractivity contribution in [1.82, 2.24) is 5.32 Å². The monoisotopic (exact) mass is 282 g/mol. The van der Waals surface area contributed by atoms with Gasteiger partial charge in [-0.1, -0.05) is 25.4 Å². The van der Waals surface area contributed by atoms with Crippen LogP contribution in [0.15, 0.2) is 12.1 Å². The predicted octanol–water partition coefficient (Wildman–Crippen LogP) is 3.00. The zero-order chi connectivity index (χ0) is 14.3. The smallest absolute Gasteiger partial charge is 0.181 e. The molecule has 0 aliphatic carbocycles. The molecule has 0 unspecified atom stereocenters. The molecule has 0 aliphatic heterocycles. The highest BCUT2D eigenvalue weighted by atomic mass is 35.5. The highest BCUT2D eigenvalue weighted by Gasteiger charge is 2.12. The number of hydrogen-bond donors (Lipinski definition) is 1. The molecule has 0 amide bonds. The molecule has 0 spiro atoms. The van der Waals surface area contributed by atoms with E-state index in [0.29, 0.717) is 29.0 Å².